The van der Waals surface area contributed by atoms with Crippen molar-refractivity contribution in [3.63, 3.8) is 0 Å². The Kier molecular flexibility index (Phi) is 2.52. The molecule has 2 nitrogen and oxygen atoms in total. The molecule has 3 fully saturated rings. The summed E-state index contributed by atoms with van der Waals surface area (Å²) >= 11 is 0. The Labute approximate surface area is 93.2 Å². The highest BCUT2D eigenvalue weighted by Gasteiger charge is 2.40. The monoisotopic (exact) mass is 208 g/mol. The molecule has 0 bridgehead atoms. The normalized spacial score (nSPS) is 39.8. The highest BCUT2D eigenvalue weighted by Crippen LogP contribution is 2.39. The highest BCUT2D eigenvalue weighted by molar-refractivity contribution is 4.99. The molecule has 1 aliphatic heterocycles. The molecular weight excluding hydrogens is 184 g/mol. The summed E-state index contributed by atoms with van der Waals surface area (Å²) < 4.78 is 0. The van der Waals surface area contributed by atoms with E-state index in [1.807, 2.05) is 0 Å². The fourth-order valence-electron chi connectivity index (χ4n) is 3.95. The van der Waals surface area contributed by atoms with Gasteiger partial charge in [-0.3, -0.25) is 4.90 Å². The van der Waals surface area contributed by atoms with Crippen molar-refractivity contribution in [3.8, 4) is 0 Å². The lowest BCUT2D eigenvalue weighted by molar-refractivity contribution is 0.0622. The van der Waals surface area contributed by atoms with Gasteiger partial charge in [0, 0.05) is 18.1 Å². The molecule has 0 aromatic rings. The van der Waals surface area contributed by atoms with Gasteiger partial charge in [-0.15, -0.1) is 0 Å². The Morgan fingerprint density at radius 1 is 1.07 bits per heavy atom. The second-order valence-electron chi connectivity index (χ2n) is 6.09. The summed E-state index contributed by atoms with van der Waals surface area (Å²) in [6.45, 7) is 2.51. The van der Waals surface area contributed by atoms with Crippen molar-refractivity contribution >= 4 is 0 Å². The number of hydrogen-bond donors (Lipinski definition) is 1. The van der Waals surface area contributed by atoms with Crippen LogP contribution >= 0.6 is 0 Å². The summed E-state index contributed by atoms with van der Waals surface area (Å²) in [6, 6.07) is 0.903. The second-order valence-corrected chi connectivity index (χ2v) is 6.09. The van der Waals surface area contributed by atoms with Crippen molar-refractivity contribution in [3.05, 3.63) is 0 Å². The van der Waals surface area contributed by atoms with Gasteiger partial charge in [-0.25, -0.2) is 0 Å². The van der Waals surface area contributed by atoms with Crippen LogP contribution in [0.4, 0.5) is 0 Å². The lowest BCUT2D eigenvalue weighted by Gasteiger charge is -2.46. The number of nitrogens with zero attached hydrogens (tertiary/aromatic N) is 1. The van der Waals surface area contributed by atoms with Crippen LogP contribution in [0.25, 0.3) is 0 Å². The smallest absolute Gasteiger partial charge is 0.0283 e. The fourth-order valence-corrected chi connectivity index (χ4v) is 3.95. The Morgan fingerprint density at radius 3 is 2.60 bits per heavy atom. The van der Waals surface area contributed by atoms with Gasteiger partial charge < -0.3 is 5.73 Å². The van der Waals surface area contributed by atoms with Gasteiger partial charge >= 0.3 is 0 Å². The molecule has 2 aliphatic carbocycles. The van der Waals surface area contributed by atoms with Gasteiger partial charge in [0.25, 0.3) is 0 Å². The molecule has 1 heterocycles. The van der Waals surface area contributed by atoms with Crippen LogP contribution in [0.5, 0.6) is 0 Å². The zero-order valence-electron chi connectivity index (χ0n) is 9.75. The fraction of sp³-hybridized carbons (Fsp3) is 1.00. The molecule has 1 saturated heterocycles. The maximum atomic E-state index is 6.37. The van der Waals surface area contributed by atoms with Crippen LogP contribution in [-0.4, -0.2) is 29.6 Å². The van der Waals surface area contributed by atoms with E-state index in [9.17, 15) is 0 Å². The number of hydrogen-bond acceptors (Lipinski definition) is 2. The van der Waals surface area contributed by atoms with E-state index in [-0.39, 0.29) is 5.54 Å². The van der Waals surface area contributed by atoms with Crippen molar-refractivity contribution in [2.45, 2.75) is 62.9 Å². The lowest BCUT2D eigenvalue weighted by Crippen LogP contribution is -2.58. The first-order valence-corrected chi connectivity index (χ1v) is 6.80. The van der Waals surface area contributed by atoms with Crippen molar-refractivity contribution in [1.82, 2.24) is 4.90 Å². The summed E-state index contributed by atoms with van der Waals surface area (Å²) in [5.41, 5.74) is 6.57. The van der Waals surface area contributed by atoms with E-state index in [1.54, 1.807) is 0 Å². The molecule has 86 valence electrons. The number of likely N-dealkylation sites (tertiary alicyclic amines) is 1. The third kappa shape index (κ3) is 1.83. The maximum Gasteiger partial charge on any atom is 0.0283 e. The highest BCUT2D eigenvalue weighted by atomic mass is 15.2. The van der Waals surface area contributed by atoms with E-state index in [2.05, 4.69) is 4.90 Å². The van der Waals surface area contributed by atoms with E-state index < -0.39 is 0 Å². The molecular formula is C13H24N2. The van der Waals surface area contributed by atoms with Gasteiger partial charge in [-0.1, -0.05) is 6.42 Å². The number of rotatable bonds is 2. The first-order valence-electron chi connectivity index (χ1n) is 6.80. The molecule has 2 saturated carbocycles. The van der Waals surface area contributed by atoms with Gasteiger partial charge in [-0.05, 0) is 57.4 Å². The number of nitrogens with two attached hydrogens (primary N) is 1. The van der Waals surface area contributed by atoms with Gasteiger partial charge in [0.2, 0.25) is 0 Å². The topological polar surface area (TPSA) is 29.3 Å². The SMILES string of the molecule is NC1(CN2CCCC3CCCC32)CCC1. The van der Waals surface area contributed by atoms with E-state index in [1.165, 1.54) is 64.5 Å². The third-order valence-corrected chi connectivity index (χ3v) is 4.98. The maximum absolute atomic E-state index is 6.37. The van der Waals surface area contributed by atoms with Crippen LogP contribution in [0.3, 0.4) is 0 Å². The summed E-state index contributed by atoms with van der Waals surface area (Å²) in [6.07, 6.45) is 11.2. The summed E-state index contributed by atoms with van der Waals surface area (Å²) in [4.78, 5) is 2.74. The van der Waals surface area contributed by atoms with Gasteiger partial charge in [-0.2, -0.15) is 0 Å². The minimum absolute atomic E-state index is 0.199. The zero-order valence-corrected chi connectivity index (χ0v) is 9.75. The molecule has 2 atom stereocenters. The van der Waals surface area contributed by atoms with Crippen LogP contribution in [0.15, 0.2) is 0 Å². The molecule has 2 heteroatoms. The molecule has 2 N–H and O–H groups in total. The molecule has 15 heavy (non-hydrogen) atoms. The molecule has 0 aromatic heterocycles. The Bertz CT molecular complexity index is 235. The second kappa shape index (κ2) is 3.74. The summed E-state index contributed by atoms with van der Waals surface area (Å²) in [7, 11) is 0. The minimum atomic E-state index is 0.199. The lowest BCUT2D eigenvalue weighted by atomic mass is 9.76. The third-order valence-electron chi connectivity index (χ3n) is 4.98. The molecule has 0 radical (unpaired) electrons. The average Bonchev–Trinajstić information content (AvgIpc) is 2.64. The van der Waals surface area contributed by atoms with E-state index in [0.29, 0.717) is 0 Å². The zero-order chi connectivity index (χ0) is 10.3. The molecule has 3 aliphatic rings. The van der Waals surface area contributed by atoms with E-state index in [0.717, 1.165) is 12.0 Å². The molecule has 3 rings (SSSR count). The van der Waals surface area contributed by atoms with Gasteiger partial charge in [0.15, 0.2) is 0 Å². The van der Waals surface area contributed by atoms with Crippen molar-refractivity contribution < 1.29 is 0 Å². The number of fused-ring (bicyclic) bond motifs is 1. The summed E-state index contributed by atoms with van der Waals surface area (Å²) in [5.74, 6) is 1.02. The van der Waals surface area contributed by atoms with Crippen molar-refractivity contribution in [2.75, 3.05) is 13.1 Å². The predicted molar refractivity (Wildman–Crippen MR) is 62.7 cm³/mol. The average molecular weight is 208 g/mol. The van der Waals surface area contributed by atoms with Crippen LogP contribution in [0, 0.1) is 5.92 Å². The molecule has 2 unspecified atom stereocenters. The quantitative estimate of drug-likeness (QED) is 0.753. The van der Waals surface area contributed by atoms with Crippen LogP contribution in [-0.2, 0) is 0 Å². The number of piperidine rings is 1. The Hall–Kier alpha value is -0.0800. The van der Waals surface area contributed by atoms with E-state index >= 15 is 0 Å². The molecule has 0 aromatic carbocycles. The Balaban J connectivity index is 1.64. The summed E-state index contributed by atoms with van der Waals surface area (Å²) in [5, 5.41) is 0. The minimum Gasteiger partial charge on any atom is -0.324 e. The van der Waals surface area contributed by atoms with Crippen molar-refractivity contribution in [1.29, 1.82) is 0 Å². The van der Waals surface area contributed by atoms with Crippen LogP contribution in [0.1, 0.15) is 51.4 Å². The first-order chi connectivity index (χ1) is 7.27. The first kappa shape index (κ1) is 10.1. The largest absolute Gasteiger partial charge is 0.324 e. The standard InChI is InChI=1S/C13H24N2/c14-13(7-3-8-13)10-15-9-2-5-11-4-1-6-12(11)15/h11-12H,1-10,14H2. The van der Waals surface area contributed by atoms with Gasteiger partial charge in [0.05, 0.1) is 0 Å². The van der Waals surface area contributed by atoms with E-state index in [4.69, 9.17) is 5.73 Å². The van der Waals surface area contributed by atoms with Gasteiger partial charge in [0.1, 0.15) is 0 Å². The van der Waals surface area contributed by atoms with Crippen LogP contribution in [0.2, 0.25) is 0 Å². The predicted octanol–water partition coefficient (Wildman–Crippen LogP) is 2.13. The van der Waals surface area contributed by atoms with Crippen LogP contribution < -0.4 is 5.73 Å². The Morgan fingerprint density at radius 2 is 1.87 bits per heavy atom. The molecule has 0 spiro atoms. The van der Waals surface area contributed by atoms with Crippen molar-refractivity contribution in [2.24, 2.45) is 11.7 Å². The molecule has 0 amide bonds.